The van der Waals surface area contributed by atoms with Gasteiger partial charge in [-0.15, -0.1) is 0 Å². The van der Waals surface area contributed by atoms with Gasteiger partial charge in [-0.1, -0.05) is 6.07 Å². The largest absolute Gasteiger partial charge is 0.349 e. The predicted molar refractivity (Wildman–Crippen MR) is 75.8 cm³/mol. The number of amides is 2. The second-order valence-corrected chi connectivity index (χ2v) is 5.30. The highest BCUT2D eigenvalue weighted by molar-refractivity contribution is 5.80. The van der Waals surface area contributed by atoms with Gasteiger partial charge < -0.3 is 10.2 Å². The lowest BCUT2D eigenvalue weighted by Gasteiger charge is -2.31. The molecular weight excluding hydrogens is 254 g/mol. The third-order valence-corrected chi connectivity index (χ3v) is 3.85. The summed E-state index contributed by atoms with van der Waals surface area (Å²) in [4.78, 5) is 29.3. The number of rotatable bonds is 3. The molecule has 0 spiro atoms. The Morgan fingerprint density at radius 3 is 2.65 bits per heavy atom. The molecule has 1 N–H and O–H groups in total. The molecule has 1 fully saturated rings. The third kappa shape index (κ3) is 3.56. The van der Waals surface area contributed by atoms with Crippen LogP contribution in [0.15, 0.2) is 24.5 Å². The van der Waals surface area contributed by atoms with Gasteiger partial charge in [0.1, 0.15) is 0 Å². The first-order valence-electron chi connectivity index (χ1n) is 7.03. The van der Waals surface area contributed by atoms with Crippen LogP contribution in [0.4, 0.5) is 0 Å². The minimum atomic E-state index is -0.0398. The van der Waals surface area contributed by atoms with Crippen molar-refractivity contribution in [3.8, 4) is 0 Å². The Morgan fingerprint density at radius 1 is 1.40 bits per heavy atom. The van der Waals surface area contributed by atoms with E-state index >= 15 is 0 Å². The number of nitrogens with zero attached hydrogens (tertiary/aromatic N) is 2. The average Bonchev–Trinajstić information content (AvgIpc) is 2.48. The first-order valence-corrected chi connectivity index (χ1v) is 7.03. The van der Waals surface area contributed by atoms with Crippen LogP contribution in [0.5, 0.6) is 0 Å². The molecule has 20 heavy (non-hydrogen) atoms. The highest BCUT2D eigenvalue weighted by Gasteiger charge is 2.26. The molecule has 2 rings (SSSR count). The molecule has 5 heteroatoms. The zero-order chi connectivity index (χ0) is 14.5. The van der Waals surface area contributed by atoms with Gasteiger partial charge in [-0.3, -0.25) is 14.6 Å². The molecule has 0 saturated carbocycles. The molecule has 2 amide bonds. The number of aromatic nitrogens is 1. The van der Waals surface area contributed by atoms with Gasteiger partial charge in [0.2, 0.25) is 11.8 Å². The molecule has 0 radical (unpaired) electrons. The van der Waals surface area contributed by atoms with E-state index in [1.165, 1.54) is 0 Å². The molecule has 1 aliphatic heterocycles. The van der Waals surface area contributed by atoms with E-state index in [4.69, 9.17) is 0 Å². The Balaban J connectivity index is 1.85. The zero-order valence-corrected chi connectivity index (χ0v) is 12.0. The normalized spacial score (nSPS) is 17.6. The molecule has 0 bridgehead atoms. The molecule has 1 aliphatic rings. The molecule has 0 aromatic carbocycles. The standard InChI is InChI=1S/C15H21N3O2/c1-11(14-4-3-7-16-10-14)17-15(20)13-5-8-18(9-6-13)12(2)19/h3-4,7,10-11,13H,5-6,8-9H2,1-2H3,(H,17,20). The van der Waals surface area contributed by atoms with E-state index in [0.717, 1.165) is 18.4 Å². The van der Waals surface area contributed by atoms with Crippen LogP contribution < -0.4 is 5.32 Å². The van der Waals surface area contributed by atoms with Crippen LogP contribution in [0.1, 0.15) is 38.3 Å². The molecule has 0 aliphatic carbocycles. The summed E-state index contributed by atoms with van der Waals surface area (Å²) in [6.45, 7) is 4.88. The van der Waals surface area contributed by atoms with E-state index in [0.29, 0.717) is 13.1 Å². The molecule has 1 atom stereocenters. The van der Waals surface area contributed by atoms with Crippen LogP contribution in [0, 0.1) is 5.92 Å². The maximum absolute atomic E-state index is 12.2. The van der Waals surface area contributed by atoms with E-state index < -0.39 is 0 Å². The fourth-order valence-electron chi connectivity index (χ4n) is 2.50. The highest BCUT2D eigenvalue weighted by atomic mass is 16.2. The van der Waals surface area contributed by atoms with Crippen LogP contribution in [-0.4, -0.2) is 34.8 Å². The topological polar surface area (TPSA) is 62.3 Å². The van der Waals surface area contributed by atoms with Gasteiger partial charge >= 0.3 is 0 Å². The highest BCUT2D eigenvalue weighted by Crippen LogP contribution is 2.19. The number of carbonyl (C=O) groups is 2. The Morgan fingerprint density at radius 2 is 2.10 bits per heavy atom. The second kappa shape index (κ2) is 6.50. The van der Waals surface area contributed by atoms with Crippen LogP contribution in [0.3, 0.4) is 0 Å². The van der Waals surface area contributed by atoms with Gasteiger partial charge in [0, 0.05) is 38.3 Å². The minimum absolute atomic E-state index is 0.00437. The van der Waals surface area contributed by atoms with Crippen molar-refractivity contribution in [2.45, 2.75) is 32.7 Å². The van der Waals surface area contributed by atoms with Crippen LogP contribution in [-0.2, 0) is 9.59 Å². The van der Waals surface area contributed by atoms with E-state index in [9.17, 15) is 9.59 Å². The number of carbonyl (C=O) groups excluding carboxylic acids is 2. The van der Waals surface area contributed by atoms with Crippen molar-refractivity contribution < 1.29 is 9.59 Å². The monoisotopic (exact) mass is 275 g/mol. The molecule has 1 aromatic rings. The molecule has 1 saturated heterocycles. The van der Waals surface area contributed by atoms with Crippen molar-refractivity contribution >= 4 is 11.8 Å². The quantitative estimate of drug-likeness (QED) is 0.909. The van der Waals surface area contributed by atoms with Crippen LogP contribution in [0.2, 0.25) is 0 Å². The van der Waals surface area contributed by atoms with E-state index in [-0.39, 0.29) is 23.8 Å². The van der Waals surface area contributed by atoms with Crippen molar-refractivity contribution in [3.05, 3.63) is 30.1 Å². The first-order chi connectivity index (χ1) is 9.58. The van der Waals surface area contributed by atoms with E-state index in [1.807, 2.05) is 19.1 Å². The summed E-state index contributed by atoms with van der Waals surface area (Å²) in [6, 6.07) is 3.78. The summed E-state index contributed by atoms with van der Waals surface area (Å²) in [5.41, 5.74) is 1.00. The smallest absolute Gasteiger partial charge is 0.223 e. The summed E-state index contributed by atoms with van der Waals surface area (Å²) in [5, 5.41) is 3.03. The van der Waals surface area contributed by atoms with Gasteiger partial charge in [0.05, 0.1) is 6.04 Å². The molecule has 1 unspecified atom stereocenters. The lowest BCUT2D eigenvalue weighted by atomic mass is 9.95. The summed E-state index contributed by atoms with van der Waals surface area (Å²) in [6.07, 6.45) is 4.97. The van der Waals surface area contributed by atoms with E-state index in [2.05, 4.69) is 10.3 Å². The number of nitrogens with one attached hydrogen (secondary N) is 1. The van der Waals surface area contributed by atoms with Gasteiger partial charge in [0.25, 0.3) is 0 Å². The van der Waals surface area contributed by atoms with Crippen LogP contribution in [0.25, 0.3) is 0 Å². The lowest BCUT2D eigenvalue weighted by molar-refractivity contribution is -0.134. The van der Waals surface area contributed by atoms with Crippen molar-refractivity contribution in [1.82, 2.24) is 15.2 Å². The van der Waals surface area contributed by atoms with Crippen molar-refractivity contribution in [2.24, 2.45) is 5.92 Å². The van der Waals surface area contributed by atoms with E-state index in [1.54, 1.807) is 24.2 Å². The molecule has 5 nitrogen and oxygen atoms in total. The summed E-state index contributed by atoms with van der Waals surface area (Å²) >= 11 is 0. The SMILES string of the molecule is CC(=O)N1CCC(C(=O)NC(C)c2cccnc2)CC1. The molecule has 108 valence electrons. The first kappa shape index (κ1) is 14.5. The number of pyridine rings is 1. The Bertz CT molecular complexity index is 467. The third-order valence-electron chi connectivity index (χ3n) is 3.85. The minimum Gasteiger partial charge on any atom is -0.349 e. The maximum atomic E-state index is 12.2. The number of hydrogen-bond acceptors (Lipinski definition) is 3. The van der Waals surface area contributed by atoms with Crippen molar-refractivity contribution in [1.29, 1.82) is 0 Å². The van der Waals surface area contributed by atoms with Gasteiger partial charge in [-0.25, -0.2) is 0 Å². The predicted octanol–water partition coefficient (Wildman–Crippen LogP) is 1.52. The molecule has 1 aromatic heterocycles. The Hall–Kier alpha value is -1.91. The fraction of sp³-hybridized carbons (Fsp3) is 0.533. The number of hydrogen-bond donors (Lipinski definition) is 1. The summed E-state index contributed by atoms with van der Waals surface area (Å²) < 4.78 is 0. The average molecular weight is 275 g/mol. The van der Waals surface area contributed by atoms with Gasteiger partial charge in [-0.05, 0) is 31.4 Å². The summed E-state index contributed by atoms with van der Waals surface area (Å²) in [5.74, 6) is 0.168. The zero-order valence-electron chi connectivity index (χ0n) is 12.0. The molecular formula is C15H21N3O2. The Labute approximate surface area is 119 Å². The Kier molecular flexibility index (Phi) is 4.71. The maximum Gasteiger partial charge on any atom is 0.223 e. The number of likely N-dealkylation sites (tertiary alicyclic amines) is 1. The van der Waals surface area contributed by atoms with Crippen LogP contribution >= 0.6 is 0 Å². The number of piperidine rings is 1. The second-order valence-electron chi connectivity index (χ2n) is 5.30. The van der Waals surface area contributed by atoms with Crippen molar-refractivity contribution in [2.75, 3.05) is 13.1 Å². The summed E-state index contributed by atoms with van der Waals surface area (Å²) in [7, 11) is 0. The lowest BCUT2D eigenvalue weighted by Crippen LogP contribution is -2.42. The fourth-order valence-corrected chi connectivity index (χ4v) is 2.50. The molecule has 2 heterocycles. The van der Waals surface area contributed by atoms with Gasteiger partial charge in [-0.2, -0.15) is 0 Å². The van der Waals surface area contributed by atoms with Crippen molar-refractivity contribution in [3.63, 3.8) is 0 Å². The van der Waals surface area contributed by atoms with Gasteiger partial charge in [0.15, 0.2) is 0 Å².